The lowest BCUT2D eigenvalue weighted by atomic mass is 10.0. The second-order valence-electron chi connectivity index (χ2n) is 20.1. The van der Waals surface area contributed by atoms with Gasteiger partial charge < -0.3 is 24.6 Å². The van der Waals surface area contributed by atoms with Crippen molar-refractivity contribution >= 4 is 18.1 Å². The molecule has 9 nitrogen and oxygen atoms in total. The molecule has 2 N–H and O–H groups in total. The molecule has 0 unspecified atom stereocenters. The Labute approximate surface area is 414 Å². The molecule has 9 heteroatoms. The van der Waals surface area contributed by atoms with E-state index in [1.165, 1.54) is 180 Å². The summed E-state index contributed by atoms with van der Waals surface area (Å²) in [5.74, 6) is -1.35. The minimum absolute atomic E-state index is 0.0334. The molecule has 0 aromatic rings. The summed E-state index contributed by atoms with van der Waals surface area (Å²) in [6.45, 7) is 6.19. The molecule has 0 aromatic carbocycles. The zero-order chi connectivity index (χ0) is 48.9. The maximum absolute atomic E-state index is 12.8. The van der Waals surface area contributed by atoms with Gasteiger partial charge in [0, 0.05) is 32.5 Å². The number of carboxylic acid groups (broad SMARTS) is 2. The predicted molar refractivity (Wildman–Crippen MR) is 284 cm³/mol. The summed E-state index contributed by atoms with van der Waals surface area (Å²) in [7, 11) is 4.18. The molecule has 0 spiro atoms. The van der Waals surface area contributed by atoms with Crippen molar-refractivity contribution in [1.82, 2.24) is 9.80 Å². The van der Waals surface area contributed by atoms with Crippen LogP contribution >= 0.6 is 0 Å². The number of carbonyl (C=O) groups excluding carboxylic acids is 1. The first kappa shape index (κ1) is 64.6. The van der Waals surface area contributed by atoms with Gasteiger partial charge in [-0.15, -0.1) is 0 Å². The van der Waals surface area contributed by atoms with Crippen molar-refractivity contribution < 1.29 is 34.1 Å². The molecule has 394 valence electrons. The molecule has 0 amide bonds. The lowest BCUT2D eigenvalue weighted by Crippen LogP contribution is -2.34. The van der Waals surface area contributed by atoms with E-state index in [9.17, 15) is 14.4 Å². The van der Waals surface area contributed by atoms with Gasteiger partial charge in [0.1, 0.15) is 12.7 Å². The molecule has 0 heterocycles. The Morgan fingerprint density at radius 1 is 0.418 bits per heavy atom. The highest BCUT2D eigenvalue weighted by Gasteiger charge is 2.16. The van der Waals surface area contributed by atoms with E-state index >= 15 is 0 Å². The Morgan fingerprint density at radius 2 is 0.716 bits per heavy atom. The van der Waals surface area contributed by atoms with Crippen LogP contribution in [-0.4, -0.2) is 91.1 Å². The molecule has 0 bridgehead atoms. The Morgan fingerprint density at radius 3 is 1.01 bits per heavy atom. The third kappa shape index (κ3) is 54.4. The molecule has 0 saturated carbocycles. The fraction of sp³-hybridized carbons (Fsp3) is 0.879. The summed E-state index contributed by atoms with van der Waals surface area (Å²) < 4.78 is 11.5. The van der Waals surface area contributed by atoms with Gasteiger partial charge in [0.15, 0.2) is 0 Å². The first-order valence-corrected chi connectivity index (χ1v) is 28.7. The van der Waals surface area contributed by atoms with E-state index in [1.54, 1.807) is 0 Å². The number of likely N-dealkylation sites (N-methyl/N-ethyl adjacent to an activating group) is 2. The summed E-state index contributed by atoms with van der Waals surface area (Å²) in [5.41, 5.74) is 0. The van der Waals surface area contributed by atoms with E-state index in [4.69, 9.17) is 19.7 Å². The maximum atomic E-state index is 12.8. The van der Waals surface area contributed by atoms with Gasteiger partial charge in [-0.2, -0.15) is 0 Å². The van der Waals surface area contributed by atoms with Gasteiger partial charge in [0.05, 0.1) is 0 Å². The van der Waals surface area contributed by atoms with Crippen LogP contribution in [0.15, 0.2) is 24.3 Å². The monoisotopic (exact) mass is 947 g/mol. The van der Waals surface area contributed by atoms with E-state index in [2.05, 4.69) is 55.1 Å². The van der Waals surface area contributed by atoms with Gasteiger partial charge in [-0.1, -0.05) is 198 Å². The van der Waals surface area contributed by atoms with Crippen molar-refractivity contribution in [3.05, 3.63) is 24.3 Å². The summed E-state index contributed by atoms with van der Waals surface area (Å²) in [4.78, 5) is 38.4. The lowest BCUT2D eigenvalue weighted by molar-refractivity contribution is -0.138. The fourth-order valence-electron chi connectivity index (χ4n) is 8.87. The van der Waals surface area contributed by atoms with Crippen LogP contribution in [0.25, 0.3) is 0 Å². The smallest absolute Gasteiger partial charge is 0.481 e. The molecule has 0 aliphatic carbocycles. The van der Waals surface area contributed by atoms with Crippen molar-refractivity contribution in [3.63, 3.8) is 0 Å². The van der Waals surface area contributed by atoms with Crippen LogP contribution in [0.3, 0.4) is 0 Å². The Bertz CT molecular complexity index is 1060. The minimum atomic E-state index is -0.674. The number of nitrogens with zero attached hydrogens (tertiary/aromatic N) is 2. The second kappa shape index (κ2) is 53.0. The molecule has 0 rings (SSSR count). The standard InChI is InChI=1S/C58H110N2O7/c1-4-60(52-51-59(2)3)53-54-66-58(65)67-55(47-43-39-35-31-27-23-19-15-11-7-5-9-13-17-21-25-29-33-37-41-45-49-56(61)62)48-44-40-36-32-28-24-20-16-12-8-6-10-14-18-22-26-30-34-38-42-46-50-57(63)64/h17-18,21-22,55H,4-16,19-20,23-54H2,1-3H3,(H,61,62)(H,63,64)/b21-17-,22-18-. The zero-order valence-electron chi connectivity index (χ0n) is 44.5. The number of hydrogen-bond acceptors (Lipinski definition) is 7. The summed E-state index contributed by atoms with van der Waals surface area (Å²) in [6, 6.07) is 0. The molecule has 0 aromatic heterocycles. The van der Waals surface area contributed by atoms with Gasteiger partial charge in [0.2, 0.25) is 0 Å². The SMILES string of the molecule is CCN(CCOC(=O)OC(CCCCCCCCCCCCCC/C=C\CCCCCCCC(=O)O)CCCCCCCCCCCCCC/C=C\CCCCCCCC(=O)O)CCN(C)C. The Kier molecular flexibility index (Phi) is 51.1. The average Bonchev–Trinajstić information content (AvgIpc) is 3.30. The molecule has 0 aliphatic rings. The number of unbranched alkanes of at least 4 members (excludes halogenated alkanes) is 34. The molecule has 0 saturated heterocycles. The van der Waals surface area contributed by atoms with Crippen LogP contribution in [-0.2, 0) is 19.1 Å². The second-order valence-corrected chi connectivity index (χ2v) is 20.1. The van der Waals surface area contributed by atoms with Crippen molar-refractivity contribution in [3.8, 4) is 0 Å². The number of ether oxygens (including phenoxy) is 2. The molecular formula is C58H110N2O7. The molecule has 0 aliphatic heterocycles. The topological polar surface area (TPSA) is 117 Å². The van der Waals surface area contributed by atoms with Gasteiger partial charge in [0.25, 0.3) is 0 Å². The van der Waals surface area contributed by atoms with Crippen molar-refractivity contribution in [2.24, 2.45) is 0 Å². The van der Waals surface area contributed by atoms with Gasteiger partial charge >= 0.3 is 18.1 Å². The quantitative estimate of drug-likeness (QED) is 0.0349. The Hall–Kier alpha value is -2.39. The number of hydrogen-bond donors (Lipinski definition) is 2. The average molecular weight is 948 g/mol. The summed E-state index contributed by atoms with van der Waals surface area (Å²) in [5, 5.41) is 17.4. The first-order valence-electron chi connectivity index (χ1n) is 28.7. The third-order valence-corrected chi connectivity index (χ3v) is 13.4. The highest BCUT2D eigenvalue weighted by Crippen LogP contribution is 2.20. The highest BCUT2D eigenvalue weighted by molar-refractivity contribution is 5.66. The van der Waals surface area contributed by atoms with E-state index in [1.807, 2.05) is 0 Å². The maximum Gasteiger partial charge on any atom is 0.508 e. The van der Waals surface area contributed by atoms with Crippen LogP contribution in [0.1, 0.15) is 277 Å². The van der Waals surface area contributed by atoms with Gasteiger partial charge in [-0.3, -0.25) is 14.5 Å². The Balaban J connectivity index is 4.05. The number of rotatable bonds is 54. The van der Waals surface area contributed by atoms with Crippen molar-refractivity contribution in [2.45, 2.75) is 283 Å². The summed E-state index contributed by atoms with van der Waals surface area (Å²) >= 11 is 0. The van der Waals surface area contributed by atoms with Gasteiger partial charge in [-0.25, -0.2) is 4.79 Å². The molecule has 0 atom stereocenters. The number of allylic oxidation sites excluding steroid dienone is 4. The lowest BCUT2D eigenvalue weighted by Gasteiger charge is -2.22. The van der Waals surface area contributed by atoms with Crippen LogP contribution in [0.5, 0.6) is 0 Å². The first-order chi connectivity index (χ1) is 32.7. The van der Waals surface area contributed by atoms with Crippen LogP contribution in [0.2, 0.25) is 0 Å². The van der Waals surface area contributed by atoms with E-state index in [0.29, 0.717) is 19.4 Å². The normalized spacial score (nSPS) is 11.9. The number of aliphatic carboxylic acids is 2. The van der Waals surface area contributed by atoms with Crippen molar-refractivity contribution in [2.75, 3.05) is 46.9 Å². The van der Waals surface area contributed by atoms with Gasteiger partial charge in [-0.05, 0) is 111 Å². The minimum Gasteiger partial charge on any atom is -0.481 e. The highest BCUT2D eigenvalue weighted by atomic mass is 16.7. The molecular weight excluding hydrogens is 837 g/mol. The molecule has 0 fully saturated rings. The number of carbonyl (C=O) groups is 3. The van der Waals surface area contributed by atoms with Crippen LogP contribution in [0, 0.1) is 0 Å². The molecule has 67 heavy (non-hydrogen) atoms. The number of carboxylic acids is 2. The fourth-order valence-corrected chi connectivity index (χ4v) is 8.87. The van der Waals surface area contributed by atoms with E-state index in [-0.39, 0.29) is 6.10 Å². The van der Waals surface area contributed by atoms with Crippen molar-refractivity contribution in [1.29, 1.82) is 0 Å². The summed E-state index contributed by atoms with van der Waals surface area (Å²) in [6.07, 6.45) is 58.5. The van der Waals surface area contributed by atoms with E-state index < -0.39 is 18.1 Å². The van der Waals surface area contributed by atoms with Crippen LogP contribution < -0.4 is 0 Å². The predicted octanol–water partition coefficient (Wildman–Crippen LogP) is 17.1. The largest absolute Gasteiger partial charge is 0.508 e. The zero-order valence-corrected chi connectivity index (χ0v) is 44.5. The third-order valence-electron chi connectivity index (χ3n) is 13.4. The van der Waals surface area contributed by atoms with Crippen LogP contribution in [0.4, 0.5) is 4.79 Å². The van der Waals surface area contributed by atoms with E-state index in [0.717, 1.165) is 103 Å². The molecule has 0 radical (unpaired) electrons.